The van der Waals surface area contributed by atoms with Crippen molar-refractivity contribution in [3.8, 4) is 0 Å². The molecular formula is C14H20O2. The van der Waals surface area contributed by atoms with Crippen molar-refractivity contribution in [3.63, 3.8) is 0 Å². The van der Waals surface area contributed by atoms with Crippen LogP contribution in [0.3, 0.4) is 0 Å². The second kappa shape index (κ2) is 6.44. The number of hydrogen-bond donors (Lipinski definition) is 0. The van der Waals surface area contributed by atoms with Crippen LogP contribution in [0.15, 0.2) is 36.0 Å². The Labute approximate surface area is 97.7 Å². The smallest absolute Gasteiger partial charge is 0.150 e. The van der Waals surface area contributed by atoms with Crippen LogP contribution >= 0.6 is 0 Å². The molecule has 0 aromatic heterocycles. The molecule has 1 rings (SSSR count). The van der Waals surface area contributed by atoms with Crippen LogP contribution in [-0.4, -0.2) is 19.0 Å². The number of aldehydes is 1. The maximum absolute atomic E-state index is 10.6. The molecule has 88 valence electrons. The summed E-state index contributed by atoms with van der Waals surface area (Å²) in [7, 11) is 0. The highest BCUT2D eigenvalue weighted by Crippen LogP contribution is 2.37. The van der Waals surface area contributed by atoms with Crippen LogP contribution in [0.2, 0.25) is 0 Å². The van der Waals surface area contributed by atoms with E-state index in [1.165, 1.54) is 18.4 Å². The first-order valence-corrected chi connectivity index (χ1v) is 5.80. The zero-order valence-corrected chi connectivity index (χ0v) is 10.1. The summed E-state index contributed by atoms with van der Waals surface area (Å²) in [5.41, 5.74) is 1.79. The molecule has 0 amide bonds. The van der Waals surface area contributed by atoms with Gasteiger partial charge in [-0.05, 0) is 38.2 Å². The second-order valence-corrected chi connectivity index (χ2v) is 4.11. The maximum Gasteiger partial charge on any atom is 0.150 e. The molecule has 1 saturated carbocycles. The molecule has 16 heavy (non-hydrogen) atoms. The number of allylic oxidation sites excluding steroid dienone is 4. The van der Waals surface area contributed by atoms with Gasteiger partial charge in [-0.3, -0.25) is 4.79 Å². The fourth-order valence-corrected chi connectivity index (χ4v) is 1.70. The molecule has 0 N–H and O–H groups in total. The highest BCUT2D eigenvalue weighted by molar-refractivity contribution is 5.77. The molecule has 1 aliphatic rings. The molecule has 1 aliphatic carbocycles. The molecule has 0 spiro atoms. The van der Waals surface area contributed by atoms with Crippen molar-refractivity contribution in [1.82, 2.24) is 0 Å². The normalized spacial score (nSPS) is 19.4. The molecule has 2 heteroatoms. The fraction of sp³-hybridized carbons (Fsp3) is 0.500. The standard InChI is InChI=1S/C14H20O2/c1-4-12(10-15)7-6-11(3)14(16-5-2)13-8-9-13/h4,6-7,10,13-14H,1,5,8-9H2,2-3H3/b11-6+,12-7+. The molecule has 0 aromatic rings. The molecule has 1 fully saturated rings. The first-order chi connectivity index (χ1) is 7.72. The van der Waals surface area contributed by atoms with Gasteiger partial charge < -0.3 is 4.74 Å². The lowest BCUT2D eigenvalue weighted by Crippen LogP contribution is -2.16. The van der Waals surface area contributed by atoms with Crippen molar-refractivity contribution >= 4 is 6.29 Å². The Morgan fingerprint density at radius 3 is 2.62 bits per heavy atom. The second-order valence-electron chi connectivity index (χ2n) is 4.11. The molecule has 0 aromatic carbocycles. The van der Waals surface area contributed by atoms with Gasteiger partial charge in [0.15, 0.2) is 0 Å². The van der Waals surface area contributed by atoms with Crippen molar-refractivity contribution in [2.24, 2.45) is 5.92 Å². The van der Waals surface area contributed by atoms with Crippen molar-refractivity contribution in [2.75, 3.05) is 6.61 Å². The fourth-order valence-electron chi connectivity index (χ4n) is 1.70. The van der Waals surface area contributed by atoms with E-state index in [-0.39, 0.29) is 6.10 Å². The van der Waals surface area contributed by atoms with Crippen LogP contribution in [0.1, 0.15) is 26.7 Å². The van der Waals surface area contributed by atoms with Gasteiger partial charge in [-0.1, -0.05) is 24.8 Å². The summed E-state index contributed by atoms with van der Waals surface area (Å²) >= 11 is 0. The quantitative estimate of drug-likeness (QED) is 0.374. The van der Waals surface area contributed by atoms with Crippen molar-refractivity contribution in [1.29, 1.82) is 0 Å². The van der Waals surface area contributed by atoms with Crippen LogP contribution in [-0.2, 0) is 9.53 Å². The zero-order valence-electron chi connectivity index (χ0n) is 10.1. The molecule has 2 nitrogen and oxygen atoms in total. The summed E-state index contributed by atoms with van der Waals surface area (Å²) in [4.78, 5) is 10.6. The van der Waals surface area contributed by atoms with Gasteiger partial charge in [-0.15, -0.1) is 0 Å². The van der Waals surface area contributed by atoms with Crippen LogP contribution < -0.4 is 0 Å². The SMILES string of the molecule is C=C/C(C=O)=C\C=C(/C)C(OCC)C1CC1. The molecule has 1 unspecified atom stereocenters. The monoisotopic (exact) mass is 220 g/mol. The molecule has 0 radical (unpaired) electrons. The van der Waals surface area contributed by atoms with Gasteiger partial charge in [-0.25, -0.2) is 0 Å². The minimum atomic E-state index is 0.221. The van der Waals surface area contributed by atoms with Gasteiger partial charge in [0, 0.05) is 12.2 Å². The predicted octanol–water partition coefficient (Wildman–Crippen LogP) is 3.06. The van der Waals surface area contributed by atoms with E-state index in [0.29, 0.717) is 11.5 Å². The Bertz CT molecular complexity index is 299. The Morgan fingerprint density at radius 1 is 1.50 bits per heavy atom. The third kappa shape index (κ3) is 3.78. The van der Waals surface area contributed by atoms with Crippen LogP contribution in [0.25, 0.3) is 0 Å². The summed E-state index contributed by atoms with van der Waals surface area (Å²) < 4.78 is 5.72. The largest absolute Gasteiger partial charge is 0.374 e. The van der Waals surface area contributed by atoms with Gasteiger partial charge in [0.1, 0.15) is 6.29 Å². The van der Waals surface area contributed by atoms with Crippen LogP contribution in [0, 0.1) is 5.92 Å². The Hall–Kier alpha value is -1.15. The van der Waals surface area contributed by atoms with E-state index < -0.39 is 0 Å². The molecule has 0 bridgehead atoms. The van der Waals surface area contributed by atoms with Gasteiger partial charge in [0.25, 0.3) is 0 Å². The Kier molecular flexibility index (Phi) is 5.20. The van der Waals surface area contributed by atoms with Crippen molar-refractivity contribution < 1.29 is 9.53 Å². The summed E-state index contributed by atoms with van der Waals surface area (Å²) in [6, 6.07) is 0. The van der Waals surface area contributed by atoms with E-state index in [2.05, 4.69) is 13.5 Å². The lowest BCUT2D eigenvalue weighted by Gasteiger charge is -2.16. The van der Waals surface area contributed by atoms with E-state index in [1.54, 1.807) is 12.2 Å². The lowest BCUT2D eigenvalue weighted by atomic mass is 10.1. The van der Waals surface area contributed by atoms with E-state index in [4.69, 9.17) is 4.74 Å². The van der Waals surface area contributed by atoms with E-state index in [1.807, 2.05) is 13.0 Å². The summed E-state index contributed by atoms with van der Waals surface area (Å²) in [6.07, 6.45) is 8.85. The third-order valence-corrected chi connectivity index (χ3v) is 2.76. The summed E-state index contributed by atoms with van der Waals surface area (Å²) in [5, 5.41) is 0. The van der Waals surface area contributed by atoms with Crippen LogP contribution in [0.4, 0.5) is 0 Å². The first-order valence-electron chi connectivity index (χ1n) is 5.80. The third-order valence-electron chi connectivity index (χ3n) is 2.76. The topological polar surface area (TPSA) is 26.3 Å². The van der Waals surface area contributed by atoms with E-state index >= 15 is 0 Å². The first kappa shape index (κ1) is 12.9. The molecule has 0 heterocycles. The molecule has 0 saturated heterocycles. The number of carbonyl (C=O) groups excluding carboxylic acids is 1. The predicted molar refractivity (Wildman–Crippen MR) is 66.2 cm³/mol. The minimum absolute atomic E-state index is 0.221. The van der Waals surface area contributed by atoms with Crippen molar-refractivity contribution in [3.05, 3.63) is 36.0 Å². The number of ether oxygens (including phenoxy) is 1. The number of hydrogen-bond acceptors (Lipinski definition) is 2. The maximum atomic E-state index is 10.6. The number of carbonyl (C=O) groups is 1. The highest BCUT2D eigenvalue weighted by Gasteiger charge is 2.32. The van der Waals surface area contributed by atoms with Gasteiger partial charge >= 0.3 is 0 Å². The van der Waals surface area contributed by atoms with Gasteiger partial charge in [0.2, 0.25) is 0 Å². The average molecular weight is 220 g/mol. The van der Waals surface area contributed by atoms with E-state index in [9.17, 15) is 4.79 Å². The Morgan fingerprint density at radius 2 is 2.19 bits per heavy atom. The molecule has 1 atom stereocenters. The van der Waals surface area contributed by atoms with Gasteiger partial charge in [0.05, 0.1) is 6.10 Å². The summed E-state index contributed by atoms with van der Waals surface area (Å²) in [5.74, 6) is 0.674. The minimum Gasteiger partial charge on any atom is -0.374 e. The zero-order chi connectivity index (χ0) is 12.0. The van der Waals surface area contributed by atoms with Crippen molar-refractivity contribution in [2.45, 2.75) is 32.8 Å². The molecule has 0 aliphatic heterocycles. The number of rotatable bonds is 7. The van der Waals surface area contributed by atoms with Gasteiger partial charge in [-0.2, -0.15) is 0 Å². The highest BCUT2D eigenvalue weighted by atomic mass is 16.5. The summed E-state index contributed by atoms with van der Waals surface area (Å²) in [6.45, 7) is 8.38. The average Bonchev–Trinajstić information content (AvgIpc) is 3.11. The van der Waals surface area contributed by atoms with Crippen LogP contribution in [0.5, 0.6) is 0 Å². The molecular weight excluding hydrogens is 200 g/mol. The lowest BCUT2D eigenvalue weighted by molar-refractivity contribution is -0.104. The Balaban J connectivity index is 2.68. The van der Waals surface area contributed by atoms with E-state index in [0.717, 1.165) is 12.9 Å².